The molecule has 0 spiro atoms. The SMILES string of the molecule is COc1cc(OC)cc(C(=O)N2CCN(c3nc(C(C)C)nc4sc5c(c34)CCC(C)C5)CC2)c1. The van der Waals surface area contributed by atoms with Crippen LogP contribution >= 0.6 is 11.3 Å². The zero-order chi connectivity index (χ0) is 24.7. The molecule has 0 bridgehead atoms. The highest BCUT2D eigenvalue weighted by molar-refractivity contribution is 7.19. The van der Waals surface area contributed by atoms with E-state index in [4.69, 9.17) is 19.4 Å². The van der Waals surface area contributed by atoms with Crippen LogP contribution in [-0.4, -0.2) is 61.2 Å². The van der Waals surface area contributed by atoms with Crippen molar-refractivity contribution in [3.8, 4) is 11.5 Å². The molecule has 2 aliphatic rings. The van der Waals surface area contributed by atoms with Gasteiger partial charge < -0.3 is 19.3 Å². The average Bonchev–Trinajstić information content (AvgIpc) is 3.24. The van der Waals surface area contributed by atoms with Crippen molar-refractivity contribution in [3.63, 3.8) is 0 Å². The Bertz CT molecular complexity index is 1220. The van der Waals surface area contributed by atoms with Crippen molar-refractivity contribution in [1.82, 2.24) is 14.9 Å². The van der Waals surface area contributed by atoms with E-state index in [0.29, 0.717) is 30.2 Å². The quantitative estimate of drug-likeness (QED) is 0.502. The molecule has 3 heterocycles. The third kappa shape index (κ3) is 4.56. The molecule has 1 aliphatic carbocycles. The number of anilines is 1. The van der Waals surface area contributed by atoms with Crippen LogP contribution in [0.1, 0.15) is 59.7 Å². The summed E-state index contributed by atoms with van der Waals surface area (Å²) in [5.41, 5.74) is 2.04. The summed E-state index contributed by atoms with van der Waals surface area (Å²) in [5.74, 6) is 4.19. The van der Waals surface area contributed by atoms with E-state index in [0.717, 1.165) is 48.3 Å². The minimum Gasteiger partial charge on any atom is -0.497 e. The van der Waals surface area contributed by atoms with E-state index >= 15 is 0 Å². The first-order valence-electron chi connectivity index (χ1n) is 12.5. The standard InChI is InChI=1S/C27H34N4O3S/c1-16(2)24-28-25(23-21-7-6-17(3)12-22(21)35-26(23)29-24)30-8-10-31(11-9-30)27(32)18-13-19(33-4)15-20(14-18)34-5/h13-17H,6-12H2,1-5H3. The summed E-state index contributed by atoms with van der Waals surface area (Å²) in [6, 6.07) is 5.33. The van der Waals surface area contributed by atoms with E-state index in [9.17, 15) is 4.79 Å². The van der Waals surface area contributed by atoms with Gasteiger partial charge in [-0.2, -0.15) is 0 Å². The minimum absolute atomic E-state index is 0.000505. The maximum absolute atomic E-state index is 13.3. The van der Waals surface area contributed by atoms with Crippen molar-refractivity contribution in [3.05, 3.63) is 40.0 Å². The number of benzene rings is 1. The number of carbonyl (C=O) groups excluding carboxylic acids is 1. The fourth-order valence-electron chi connectivity index (χ4n) is 5.06. The molecule has 35 heavy (non-hydrogen) atoms. The van der Waals surface area contributed by atoms with Crippen LogP contribution in [-0.2, 0) is 12.8 Å². The van der Waals surface area contributed by atoms with Gasteiger partial charge in [-0.3, -0.25) is 4.79 Å². The summed E-state index contributed by atoms with van der Waals surface area (Å²) in [4.78, 5) is 30.2. The summed E-state index contributed by atoms with van der Waals surface area (Å²) >= 11 is 1.86. The number of rotatable bonds is 5. The molecule has 0 N–H and O–H groups in total. The Morgan fingerprint density at radius 3 is 2.37 bits per heavy atom. The topological polar surface area (TPSA) is 67.8 Å². The molecule has 1 amide bonds. The molecule has 1 unspecified atom stereocenters. The van der Waals surface area contributed by atoms with E-state index in [1.807, 2.05) is 16.2 Å². The Morgan fingerprint density at radius 1 is 1.06 bits per heavy atom. The number of fused-ring (bicyclic) bond motifs is 3. The number of hydrogen-bond donors (Lipinski definition) is 0. The Labute approximate surface area is 211 Å². The number of amides is 1. The fraction of sp³-hybridized carbons (Fsp3) is 0.519. The molecule has 1 fully saturated rings. The summed E-state index contributed by atoms with van der Waals surface area (Å²) < 4.78 is 10.7. The van der Waals surface area contributed by atoms with Gasteiger partial charge in [-0.05, 0) is 42.9 Å². The molecule has 186 valence electrons. The number of methoxy groups -OCH3 is 2. The van der Waals surface area contributed by atoms with E-state index in [1.165, 1.54) is 22.2 Å². The van der Waals surface area contributed by atoms with Crippen LogP contribution in [0.4, 0.5) is 5.82 Å². The lowest BCUT2D eigenvalue weighted by Gasteiger charge is -2.36. The molecule has 3 aromatic rings. The molecule has 5 rings (SSSR count). The normalized spacial score (nSPS) is 18.2. The number of nitrogens with zero attached hydrogens (tertiary/aromatic N) is 4. The van der Waals surface area contributed by atoms with Gasteiger partial charge in [-0.15, -0.1) is 11.3 Å². The highest BCUT2D eigenvalue weighted by atomic mass is 32.1. The fourth-order valence-corrected chi connectivity index (χ4v) is 6.45. The second kappa shape index (κ2) is 9.64. The lowest BCUT2D eigenvalue weighted by Crippen LogP contribution is -2.49. The zero-order valence-electron chi connectivity index (χ0n) is 21.3. The van der Waals surface area contributed by atoms with Crippen molar-refractivity contribution < 1.29 is 14.3 Å². The van der Waals surface area contributed by atoms with Crippen molar-refractivity contribution in [1.29, 1.82) is 0 Å². The van der Waals surface area contributed by atoms with Crippen LogP contribution in [0.2, 0.25) is 0 Å². The molecule has 8 heteroatoms. The van der Waals surface area contributed by atoms with Crippen LogP contribution < -0.4 is 14.4 Å². The van der Waals surface area contributed by atoms with Crippen molar-refractivity contribution >= 4 is 33.3 Å². The van der Waals surface area contributed by atoms with Crippen LogP contribution in [0.5, 0.6) is 11.5 Å². The number of ether oxygens (including phenoxy) is 2. The van der Waals surface area contributed by atoms with Gasteiger partial charge in [0.1, 0.15) is 28.0 Å². The molecular formula is C27H34N4O3S. The lowest BCUT2D eigenvalue weighted by molar-refractivity contribution is 0.0746. The number of aromatic nitrogens is 2. The third-order valence-electron chi connectivity index (χ3n) is 7.13. The number of hydrogen-bond acceptors (Lipinski definition) is 7. The predicted octanol–water partition coefficient (Wildman–Crippen LogP) is 4.92. The molecule has 2 aromatic heterocycles. The van der Waals surface area contributed by atoms with Gasteiger partial charge in [-0.25, -0.2) is 9.97 Å². The monoisotopic (exact) mass is 494 g/mol. The zero-order valence-corrected chi connectivity index (χ0v) is 22.1. The summed E-state index contributed by atoms with van der Waals surface area (Å²) in [6.07, 6.45) is 3.46. The second-order valence-electron chi connectivity index (χ2n) is 9.97. The molecule has 1 aliphatic heterocycles. The summed E-state index contributed by atoms with van der Waals surface area (Å²) in [6.45, 7) is 9.43. The largest absolute Gasteiger partial charge is 0.497 e. The molecule has 7 nitrogen and oxygen atoms in total. The maximum Gasteiger partial charge on any atom is 0.254 e. The van der Waals surface area contributed by atoms with Crippen molar-refractivity contribution in [2.75, 3.05) is 45.3 Å². The molecule has 0 radical (unpaired) electrons. The Morgan fingerprint density at radius 2 is 1.74 bits per heavy atom. The lowest BCUT2D eigenvalue weighted by atomic mass is 9.89. The first-order chi connectivity index (χ1) is 16.9. The van der Waals surface area contributed by atoms with Crippen LogP contribution in [0.25, 0.3) is 10.2 Å². The van der Waals surface area contributed by atoms with E-state index in [2.05, 4.69) is 25.7 Å². The van der Waals surface area contributed by atoms with Gasteiger partial charge in [0.2, 0.25) is 0 Å². The third-order valence-corrected chi connectivity index (χ3v) is 8.28. The van der Waals surface area contributed by atoms with Gasteiger partial charge in [0.15, 0.2) is 0 Å². The Balaban J connectivity index is 1.41. The molecular weight excluding hydrogens is 460 g/mol. The summed E-state index contributed by atoms with van der Waals surface area (Å²) in [7, 11) is 3.19. The highest BCUT2D eigenvalue weighted by Crippen LogP contribution is 2.41. The van der Waals surface area contributed by atoms with Crippen molar-refractivity contribution in [2.45, 2.75) is 46.0 Å². The molecule has 1 saturated heterocycles. The van der Waals surface area contributed by atoms with Gasteiger partial charge >= 0.3 is 0 Å². The number of piperazine rings is 1. The Hall–Kier alpha value is -2.87. The van der Waals surface area contributed by atoms with E-state index in [-0.39, 0.29) is 11.8 Å². The van der Waals surface area contributed by atoms with Gasteiger partial charge in [-0.1, -0.05) is 20.8 Å². The first kappa shape index (κ1) is 23.9. The van der Waals surface area contributed by atoms with Crippen molar-refractivity contribution in [2.24, 2.45) is 5.92 Å². The molecule has 1 atom stereocenters. The highest BCUT2D eigenvalue weighted by Gasteiger charge is 2.29. The maximum atomic E-state index is 13.3. The second-order valence-corrected chi connectivity index (χ2v) is 11.1. The van der Waals surface area contributed by atoms with Crippen LogP contribution in [0, 0.1) is 5.92 Å². The first-order valence-corrected chi connectivity index (χ1v) is 13.3. The minimum atomic E-state index is -0.000505. The summed E-state index contributed by atoms with van der Waals surface area (Å²) in [5, 5.41) is 1.25. The molecule has 0 saturated carbocycles. The van der Waals surface area contributed by atoms with Gasteiger partial charge in [0.05, 0.1) is 19.6 Å². The molecule has 1 aromatic carbocycles. The van der Waals surface area contributed by atoms with Gasteiger partial charge in [0, 0.05) is 48.6 Å². The van der Waals surface area contributed by atoms with E-state index in [1.54, 1.807) is 32.4 Å². The number of aryl methyl sites for hydroxylation is 1. The van der Waals surface area contributed by atoms with Gasteiger partial charge in [0.25, 0.3) is 5.91 Å². The predicted molar refractivity (Wildman–Crippen MR) is 140 cm³/mol. The number of thiophene rings is 1. The number of carbonyl (C=O) groups is 1. The average molecular weight is 495 g/mol. The Kier molecular flexibility index (Phi) is 6.57. The van der Waals surface area contributed by atoms with Crippen LogP contribution in [0.15, 0.2) is 18.2 Å². The van der Waals surface area contributed by atoms with E-state index < -0.39 is 0 Å². The van der Waals surface area contributed by atoms with Crippen LogP contribution in [0.3, 0.4) is 0 Å². The smallest absolute Gasteiger partial charge is 0.254 e.